The van der Waals surface area contributed by atoms with Crippen LogP contribution < -0.4 is 19.8 Å². The number of ether oxygens (including phenoxy) is 1. The first-order chi connectivity index (χ1) is 13.8. The molecule has 1 atom stereocenters. The number of piperidine rings is 1. The van der Waals surface area contributed by atoms with E-state index in [1.807, 2.05) is 0 Å². The third-order valence-electron chi connectivity index (χ3n) is 5.86. The molecule has 3 heterocycles. The lowest BCUT2D eigenvalue weighted by Gasteiger charge is -2.41. The molecule has 29 heavy (non-hydrogen) atoms. The number of carbonyl (C=O) groups is 2. The average Bonchev–Trinajstić information content (AvgIpc) is 2.63. The Morgan fingerprint density at radius 2 is 2.14 bits per heavy atom. The number of rotatable bonds is 5. The Morgan fingerprint density at radius 1 is 1.34 bits per heavy atom. The van der Waals surface area contributed by atoms with Crippen LogP contribution >= 0.6 is 0 Å². The van der Waals surface area contributed by atoms with E-state index in [1.165, 1.54) is 6.07 Å². The van der Waals surface area contributed by atoms with Crippen LogP contribution in [-0.4, -0.2) is 65.9 Å². The van der Waals surface area contributed by atoms with Crippen LogP contribution in [0.5, 0.6) is 11.5 Å². The fourth-order valence-corrected chi connectivity index (χ4v) is 4.19. The molecule has 3 aliphatic heterocycles. The quantitative estimate of drug-likeness (QED) is 0.527. The van der Waals surface area contributed by atoms with Gasteiger partial charge in [-0.15, -0.1) is 0 Å². The van der Waals surface area contributed by atoms with Crippen LogP contribution in [0, 0.1) is 5.92 Å². The number of aromatic carboxylic acids is 1. The Labute approximate surface area is 168 Å². The Morgan fingerprint density at radius 3 is 2.83 bits per heavy atom. The Hall–Kier alpha value is -2.30. The molecule has 3 aliphatic rings. The fourth-order valence-electron chi connectivity index (χ4n) is 4.19. The van der Waals surface area contributed by atoms with Crippen molar-refractivity contribution in [1.82, 2.24) is 10.2 Å². The van der Waals surface area contributed by atoms with Crippen LogP contribution in [0.1, 0.15) is 35.2 Å². The molecule has 9 nitrogen and oxygen atoms in total. The molecule has 158 valence electrons. The highest BCUT2D eigenvalue weighted by atomic mass is 16.6. The summed E-state index contributed by atoms with van der Waals surface area (Å²) in [5.41, 5.74) is 0.235. The van der Waals surface area contributed by atoms with Crippen molar-refractivity contribution in [3.8, 4) is 11.5 Å². The number of likely N-dealkylation sites (tertiary alicyclic amines) is 1. The molecule has 0 saturated carbocycles. The first-order valence-electron chi connectivity index (χ1n) is 10.1. The zero-order chi connectivity index (χ0) is 20.6. The molecule has 1 unspecified atom stereocenters. The molecule has 0 aromatic heterocycles. The van der Waals surface area contributed by atoms with Gasteiger partial charge in [-0.25, -0.2) is 0 Å². The molecule has 10 heteroatoms. The van der Waals surface area contributed by atoms with E-state index in [4.69, 9.17) is 9.39 Å². The first kappa shape index (κ1) is 20.0. The number of nitrogens with one attached hydrogen (secondary N) is 1. The van der Waals surface area contributed by atoms with E-state index < -0.39 is 12.7 Å². The maximum atomic E-state index is 12.4. The first-order valence-corrected chi connectivity index (χ1v) is 10.1. The van der Waals surface area contributed by atoms with E-state index in [9.17, 15) is 24.7 Å². The summed E-state index contributed by atoms with van der Waals surface area (Å²) in [6.45, 7) is -0.463. The summed E-state index contributed by atoms with van der Waals surface area (Å²) in [5.74, 6) is -1.14. The molecule has 1 aromatic carbocycles. The van der Waals surface area contributed by atoms with Crippen molar-refractivity contribution in [2.24, 2.45) is 5.92 Å². The molecule has 0 aliphatic carbocycles. The van der Waals surface area contributed by atoms with Gasteiger partial charge in [-0.3, -0.25) is 4.79 Å². The highest BCUT2D eigenvalue weighted by molar-refractivity contribution is 6.59. The standard InChI is InChI=1S/C19H26BN2O7/c23-16(8-12-2-1-7-21-9-12)22-10-14(11-22)28-15-4-3-13-5-6-20(26,27)29-18(13)17(15)19(24)25/h3-4,12,14,21,26-27H,1-2,5-11H2,(H,24,25)/q-1/p-1. The van der Waals surface area contributed by atoms with Crippen molar-refractivity contribution in [3.63, 3.8) is 0 Å². The van der Waals surface area contributed by atoms with Gasteiger partial charge in [-0.05, 0) is 49.9 Å². The van der Waals surface area contributed by atoms with Crippen molar-refractivity contribution < 1.29 is 34.1 Å². The Bertz CT molecular complexity index is 804. The van der Waals surface area contributed by atoms with Crippen LogP contribution in [0.3, 0.4) is 0 Å². The number of aryl methyl sites for hydroxylation is 1. The van der Waals surface area contributed by atoms with Crippen molar-refractivity contribution in [3.05, 3.63) is 23.3 Å². The van der Waals surface area contributed by atoms with E-state index in [1.54, 1.807) is 11.0 Å². The monoisotopic (exact) mass is 404 g/mol. The lowest BCUT2D eigenvalue weighted by Crippen LogP contribution is -2.56. The van der Waals surface area contributed by atoms with E-state index in [-0.39, 0.29) is 41.8 Å². The third kappa shape index (κ3) is 4.34. The topological polar surface area (TPSA) is 131 Å². The second-order valence-electron chi connectivity index (χ2n) is 8.18. The van der Waals surface area contributed by atoms with Gasteiger partial charge in [0.2, 0.25) is 5.91 Å². The summed E-state index contributed by atoms with van der Waals surface area (Å²) in [4.78, 5) is 25.8. The summed E-state index contributed by atoms with van der Waals surface area (Å²) in [6.07, 6.45) is 2.59. The van der Waals surface area contributed by atoms with E-state index >= 15 is 0 Å². The number of hydrogen-bond acceptors (Lipinski definition) is 8. The maximum absolute atomic E-state index is 12.4. The number of nitrogens with zero attached hydrogens (tertiary/aromatic N) is 1. The van der Waals surface area contributed by atoms with Gasteiger partial charge in [0.15, 0.2) is 0 Å². The van der Waals surface area contributed by atoms with Gasteiger partial charge in [0.1, 0.15) is 11.9 Å². The zero-order valence-electron chi connectivity index (χ0n) is 16.1. The van der Waals surface area contributed by atoms with Gasteiger partial charge in [0.05, 0.1) is 30.4 Å². The number of hydrogen-bond donors (Lipinski definition) is 3. The molecular weight excluding hydrogens is 379 g/mol. The summed E-state index contributed by atoms with van der Waals surface area (Å²) < 4.78 is 10.9. The second-order valence-corrected chi connectivity index (χ2v) is 8.18. The predicted molar refractivity (Wildman–Crippen MR) is 101 cm³/mol. The minimum absolute atomic E-state index is 0.00407. The summed E-state index contributed by atoms with van der Waals surface area (Å²) in [5, 5.41) is 34.6. The predicted octanol–water partition coefficient (Wildman–Crippen LogP) is -1.11. The van der Waals surface area contributed by atoms with Crippen molar-refractivity contribution in [2.45, 2.75) is 38.1 Å². The largest absolute Gasteiger partial charge is 0.669 e. The van der Waals surface area contributed by atoms with Crippen LogP contribution in [0.15, 0.2) is 12.1 Å². The molecular formula is C19H25BN2O7-2. The number of fused-ring (bicyclic) bond motifs is 1. The number of benzene rings is 1. The van der Waals surface area contributed by atoms with Crippen molar-refractivity contribution in [2.75, 3.05) is 26.2 Å². The van der Waals surface area contributed by atoms with Crippen LogP contribution in [0.25, 0.3) is 0 Å². The Balaban J connectivity index is 1.39. The number of amides is 1. The van der Waals surface area contributed by atoms with E-state index in [0.717, 1.165) is 25.9 Å². The Kier molecular flexibility index (Phi) is 5.41. The molecule has 0 bridgehead atoms. The van der Waals surface area contributed by atoms with Crippen LogP contribution in [0.2, 0.25) is 6.32 Å². The molecule has 4 rings (SSSR count). The average molecular weight is 404 g/mol. The number of carboxylic acids is 1. The number of carbonyl (C=O) groups excluding carboxylic acids is 2. The van der Waals surface area contributed by atoms with Crippen LogP contribution in [-0.2, 0) is 11.2 Å². The molecule has 2 fully saturated rings. The lowest BCUT2D eigenvalue weighted by atomic mass is 9.70. The summed E-state index contributed by atoms with van der Waals surface area (Å²) in [6, 6.07) is 3.18. The van der Waals surface area contributed by atoms with Gasteiger partial charge in [-0.1, -0.05) is 12.4 Å². The second kappa shape index (κ2) is 7.85. The van der Waals surface area contributed by atoms with E-state index in [2.05, 4.69) is 5.32 Å². The van der Waals surface area contributed by atoms with Gasteiger partial charge in [-0.2, -0.15) is 0 Å². The van der Waals surface area contributed by atoms with Gasteiger partial charge < -0.3 is 39.6 Å². The molecule has 1 aromatic rings. The highest BCUT2D eigenvalue weighted by Crippen LogP contribution is 2.38. The highest BCUT2D eigenvalue weighted by Gasteiger charge is 2.35. The van der Waals surface area contributed by atoms with Crippen molar-refractivity contribution in [1.29, 1.82) is 0 Å². The van der Waals surface area contributed by atoms with Crippen molar-refractivity contribution >= 4 is 18.6 Å². The molecule has 1 amide bonds. The molecule has 0 spiro atoms. The molecule has 0 radical (unpaired) electrons. The SMILES string of the molecule is O=C([O-])c1c(OC2CN(C(=O)CC3CCCNC3)C2)ccc2c1O[B-](O)(O)CC2. The number of carboxylic acid groups (broad SMARTS) is 1. The normalized spacial score (nSPS) is 23.5. The molecule has 3 N–H and O–H groups in total. The summed E-state index contributed by atoms with van der Waals surface area (Å²) >= 11 is 0. The van der Waals surface area contributed by atoms with Crippen LogP contribution in [0.4, 0.5) is 0 Å². The van der Waals surface area contributed by atoms with E-state index in [0.29, 0.717) is 31.0 Å². The third-order valence-corrected chi connectivity index (χ3v) is 5.86. The fraction of sp³-hybridized carbons (Fsp3) is 0.579. The van der Waals surface area contributed by atoms with Gasteiger partial charge >= 0.3 is 6.75 Å². The molecule has 2 saturated heterocycles. The smallest absolute Gasteiger partial charge is 0.430 e. The lowest BCUT2D eigenvalue weighted by molar-refractivity contribution is -0.255. The minimum Gasteiger partial charge on any atom is -0.669 e. The zero-order valence-corrected chi connectivity index (χ0v) is 16.1. The van der Waals surface area contributed by atoms with Gasteiger partial charge in [0.25, 0.3) is 0 Å². The van der Waals surface area contributed by atoms with Gasteiger partial charge in [0, 0.05) is 6.42 Å². The maximum Gasteiger partial charge on any atom is 0.430 e. The summed E-state index contributed by atoms with van der Waals surface area (Å²) in [7, 11) is 0. The minimum atomic E-state index is -3.10.